The van der Waals surface area contributed by atoms with E-state index in [9.17, 15) is 15.3 Å². The molecule has 0 bridgehead atoms. The van der Waals surface area contributed by atoms with E-state index in [0.29, 0.717) is 22.3 Å². The summed E-state index contributed by atoms with van der Waals surface area (Å²) in [6, 6.07) is 47.7. The van der Waals surface area contributed by atoms with E-state index in [1.54, 1.807) is 12.1 Å². The number of nitriles is 2. The number of hydrogen-bond donors (Lipinski definition) is 0. The van der Waals surface area contributed by atoms with Crippen LogP contribution < -0.4 is 0 Å². The minimum absolute atomic E-state index is 0.107. The van der Waals surface area contributed by atoms with Crippen LogP contribution in [0.1, 0.15) is 38.2 Å². The van der Waals surface area contributed by atoms with Gasteiger partial charge in [-0.05, 0) is 119 Å². The molecule has 208 valence electrons. The van der Waals surface area contributed by atoms with Crippen molar-refractivity contribution < 1.29 is 4.79 Å². The van der Waals surface area contributed by atoms with E-state index in [1.807, 2.05) is 84.9 Å². The maximum absolute atomic E-state index is 14.5. The molecule has 0 amide bonds. The number of carbonyl (C=O) groups excluding carboxylic acids is 1. The van der Waals surface area contributed by atoms with Gasteiger partial charge in [0.25, 0.3) is 0 Å². The lowest BCUT2D eigenvalue weighted by Crippen LogP contribution is -2.03. The summed E-state index contributed by atoms with van der Waals surface area (Å²) in [6.45, 7) is 4.10. The van der Waals surface area contributed by atoms with Crippen LogP contribution >= 0.6 is 0 Å². The van der Waals surface area contributed by atoms with Gasteiger partial charge >= 0.3 is 0 Å². The quantitative estimate of drug-likeness (QED) is 0.189. The number of nitrogens with zero attached hydrogens (tertiary/aromatic N) is 2. The zero-order valence-corrected chi connectivity index (χ0v) is 24.5. The molecule has 6 rings (SSSR count). The summed E-state index contributed by atoms with van der Waals surface area (Å²) < 4.78 is 0. The van der Waals surface area contributed by atoms with Gasteiger partial charge in [0.05, 0.1) is 23.3 Å². The number of aryl methyl sites for hydroxylation is 2. The van der Waals surface area contributed by atoms with Gasteiger partial charge in [0, 0.05) is 11.1 Å². The maximum atomic E-state index is 14.5. The molecule has 0 aliphatic heterocycles. The second-order valence-corrected chi connectivity index (χ2v) is 11.1. The van der Waals surface area contributed by atoms with Crippen LogP contribution in [0.15, 0.2) is 133 Å². The summed E-state index contributed by atoms with van der Waals surface area (Å²) in [6.07, 6.45) is 0. The molecular formula is C41H28N2O. The Kier molecular flexibility index (Phi) is 7.71. The Hall–Kier alpha value is -6.03. The van der Waals surface area contributed by atoms with E-state index in [2.05, 4.69) is 62.4 Å². The number of carbonyl (C=O) groups is 1. The second kappa shape index (κ2) is 12.1. The number of ketones is 1. The summed E-state index contributed by atoms with van der Waals surface area (Å²) in [5.74, 6) is -0.107. The minimum atomic E-state index is -0.107. The highest BCUT2D eigenvalue weighted by Crippen LogP contribution is 2.33. The molecule has 0 unspecified atom stereocenters. The van der Waals surface area contributed by atoms with Gasteiger partial charge in [-0.15, -0.1) is 0 Å². The van der Waals surface area contributed by atoms with Crippen molar-refractivity contribution in [2.45, 2.75) is 13.8 Å². The molecule has 0 spiro atoms. The Morgan fingerprint density at radius 1 is 0.432 bits per heavy atom. The van der Waals surface area contributed by atoms with Crippen molar-refractivity contribution in [2.24, 2.45) is 0 Å². The van der Waals surface area contributed by atoms with Crippen molar-refractivity contribution in [3.05, 3.63) is 167 Å². The minimum Gasteiger partial charge on any atom is -0.289 e. The zero-order valence-electron chi connectivity index (χ0n) is 24.5. The van der Waals surface area contributed by atoms with E-state index < -0.39 is 0 Å². The van der Waals surface area contributed by atoms with E-state index in [4.69, 9.17) is 0 Å². The molecule has 0 aliphatic rings. The number of benzene rings is 6. The molecule has 44 heavy (non-hydrogen) atoms. The molecule has 3 heteroatoms. The van der Waals surface area contributed by atoms with Crippen molar-refractivity contribution in [1.29, 1.82) is 10.5 Å². The first-order valence-electron chi connectivity index (χ1n) is 14.4. The van der Waals surface area contributed by atoms with Gasteiger partial charge < -0.3 is 0 Å². The predicted molar refractivity (Wildman–Crippen MR) is 177 cm³/mol. The average molecular weight is 565 g/mol. The Morgan fingerprint density at radius 2 is 0.773 bits per heavy atom. The molecule has 0 saturated heterocycles. The summed E-state index contributed by atoms with van der Waals surface area (Å²) in [5, 5.41) is 19.1. The highest BCUT2D eigenvalue weighted by Gasteiger charge is 2.17. The summed E-state index contributed by atoms with van der Waals surface area (Å²) in [5.41, 5.74) is 11.8. The molecule has 0 saturated carbocycles. The third-order valence-electron chi connectivity index (χ3n) is 7.74. The summed E-state index contributed by atoms with van der Waals surface area (Å²) in [7, 11) is 0. The van der Waals surface area contributed by atoms with Crippen molar-refractivity contribution in [2.75, 3.05) is 0 Å². The first-order valence-corrected chi connectivity index (χ1v) is 14.4. The normalized spacial score (nSPS) is 10.5. The zero-order chi connectivity index (χ0) is 30.6. The van der Waals surface area contributed by atoms with Crippen LogP contribution in [-0.4, -0.2) is 5.78 Å². The molecule has 0 N–H and O–H groups in total. The van der Waals surface area contributed by atoms with Gasteiger partial charge in [-0.25, -0.2) is 0 Å². The standard InChI is InChI=1S/C41H28N2O/c1-27-7-3-11-31(15-27)35-19-37(33-13-5-9-29(17-33)25-42)23-39(21-35)41(44)40-22-36(32-12-4-8-28(2)16-32)20-38(24-40)34-14-6-10-30(18-34)26-43/h3-24H,1-2H3. The van der Waals surface area contributed by atoms with E-state index in [1.165, 1.54) is 0 Å². The van der Waals surface area contributed by atoms with Crippen LogP contribution in [0.3, 0.4) is 0 Å². The van der Waals surface area contributed by atoms with Gasteiger partial charge in [-0.3, -0.25) is 4.79 Å². The van der Waals surface area contributed by atoms with Gasteiger partial charge in [-0.2, -0.15) is 10.5 Å². The van der Waals surface area contributed by atoms with Crippen LogP contribution in [0.25, 0.3) is 44.5 Å². The van der Waals surface area contributed by atoms with Crippen molar-refractivity contribution >= 4 is 5.78 Å². The highest BCUT2D eigenvalue weighted by molar-refractivity contribution is 6.11. The Morgan fingerprint density at radius 3 is 1.11 bits per heavy atom. The molecule has 3 nitrogen and oxygen atoms in total. The van der Waals surface area contributed by atoms with Gasteiger partial charge in [0.2, 0.25) is 0 Å². The third-order valence-corrected chi connectivity index (χ3v) is 7.74. The molecular weight excluding hydrogens is 536 g/mol. The lowest BCUT2D eigenvalue weighted by Gasteiger charge is -2.14. The topological polar surface area (TPSA) is 64.7 Å². The average Bonchev–Trinajstić information content (AvgIpc) is 3.07. The van der Waals surface area contributed by atoms with Crippen LogP contribution in [0.5, 0.6) is 0 Å². The lowest BCUT2D eigenvalue weighted by atomic mass is 9.89. The lowest BCUT2D eigenvalue weighted by molar-refractivity contribution is 0.103. The molecule has 0 aliphatic carbocycles. The summed E-state index contributed by atoms with van der Waals surface area (Å²) in [4.78, 5) is 14.5. The Balaban J connectivity index is 1.55. The molecule has 6 aromatic rings. The molecule has 0 aromatic heterocycles. The van der Waals surface area contributed by atoms with Crippen LogP contribution in [0, 0.1) is 36.5 Å². The monoisotopic (exact) mass is 564 g/mol. The number of rotatable bonds is 6. The molecule has 0 radical (unpaired) electrons. The highest BCUT2D eigenvalue weighted by atomic mass is 16.1. The Labute approximate surface area is 257 Å². The van der Waals surface area contributed by atoms with Gasteiger partial charge in [-0.1, -0.05) is 83.9 Å². The van der Waals surface area contributed by atoms with Gasteiger partial charge in [0.15, 0.2) is 5.78 Å². The molecule has 0 fully saturated rings. The van der Waals surface area contributed by atoms with E-state index >= 15 is 0 Å². The molecule has 0 atom stereocenters. The van der Waals surface area contributed by atoms with Crippen LogP contribution in [-0.2, 0) is 0 Å². The molecule has 0 heterocycles. The number of hydrogen-bond acceptors (Lipinski definition) is 3. The van der Waals surface area contributed by atoms with Crippen LogP contribution in [0.2, 0.25) is 0 Å². The first kappa shape index (κ1) is 28.1. The van der Waals surface area contributed by atoms with Crippen molar-refractivity contribution in [3.63, 3.8) is 0 Å². The van der Waals surface area contributed by atoms with E-state index in [-0.39, 0.29) is 5.78 Å². The fourth-order valence-corrected chi connectivity index (χ4v) is 5.54. The van der Waals surface area contributed by atoms with Crippen molar-refractivity contribution in [1.82, 2.24) is 0 Å². The summed E-state index contributed by atoms with van der Waals surface area (Å²) >= 11 is 0. The smallest absolute Gasteiger partial charge is 0.193 e. The Bertz CT molecular complexity index is 1990. The van der Waals surface area contributed by atoms with Gasteiger partial charge in [0.1, 0.15) is 0 Å². The molecule has 6 aromatic carbocycles. The maximum Gasteiger partial charge on any atom is 0.193 e. The second-order valence-electron chi connectivity index (χ2n) is 11.1. The largest absolute Gasteiger partial charge is 0.289 e. The fraction of sp³-hybridized carbons (Fsp3) is 0.0488. The third kappa shape index (κ3) is 5.95. The van der Waals surface area contributed by atoms with E-state index in [0.717, 1.165) is 55.6 Å². The van der Waals surface area contributed by atoms with Crippen LogP contribution in [0.4, 0.5) is 0 Å². The fourth-order valence-electron chi connectivity index (χ4n) is 5.54. The first-order chi connectivity index (χ1) is 21.4. The van der Waals surface area contributed by atoms with Crippen molar-refractivity contribution in [3.8, 4) is 56.6 Å². The predicted octanol–water partition coefficient (Wildman–Crippen LogP) is 9.95. The SMILES string of the molecule is Cc1cccc(-c2cc(C(=O)c3cc(-c4cccc(C)c4)cc(-c4cccc(C#N)c4)c3)cc(-c3cccc(C#N)c3)c2)c1.